The number of rotatable bonds is 4. The van der Waals surface area contributed by atoms with Crippen molar-refractivity contribution in [2.45, 2.75) is 25.1 Å². The van der Waals surface area contributed by atoms with Crippen molar-refractivity contribution in [3.05, 3.63) is 51.5 Å². The number of thioether (sulfide) groups is 1. The molecular weight excluding hydrogens is 272 g/mol. The zero-order valence-electron chi connectivity index (χ0n) is 11.1. The predicted octanol–water partition coefficient (Wildman–Crippen LogP) is 3.63. The highest BCUT2D eigenvalue weighted by atomic mass is 32.2. The summed E-state index contributed by atoms with van der Waals surface area (Å²) >= 11 is 4.02. The minimum absolute atomic E-state index is 0.291. The lowest BCUT2D eigenvalue weighted by Gasteiger charge is -2.16. The van der Waals surface area contributed by atoms with E-state index in [1.807, 2.05) is 41.6 Å². The molecule has 2 aromatic rings. The zero-order chi connectivity index (χ0) is 13.1. The van der Waals surface area contributed by atoms with Gasteiger partial charge in [-0.1, -0.05) is 13.0 Å². The van der Waals surface area contributed by atoms with Crippen LogP contribution in [0.4, 0.5) is 0 Å². The van der Waals surface area contributed by atoms with E-state index < -0.39 is 0 Å². The van der Waals surface area contributed by atoms with Gasteiger partial charge < -0.3 is 5.32 Å². The van der Waals surface area contributed by atoms with Gasteiger partial charge in [-0.15, -0.1) is 11.3 Å². The van der Waals surface area contributed by atoms with Gasteiger partial charge in [-0.3, -0.25) is 4.98 Å². The maximum absolute atomic E-state index is 4.26. The first-order valence-electron chi connectivity index (χ1n) is 6.71. The Morgan fingerprint density at radius 2 is 2.42 bits per heavy atom. The molecule has 0 amide bonds. The van der Waals surface area contributed by atoms with Crippen molar-refractivity contribution >= 4 is 23.1 Å². The Bertz CT molecular complexity index is 513. The standard InChI is InChI=1S/C15H18N2S2/c1-2-17-15(11-4-3-6-16-9-11)14-8-12-10-18-7-5-13(12)19-14/h3-4,6,8-9,15,17H,2,5,7,10H2,1H3. The van der Waals surface area contributed by atoms with Crippen LogP contribution in [0, 0.1) is 0 Å². The minimum Gasteiger partial charge on any atom is -0.306 e. The lowest BCUT2D eigenvalue weighted by atomic mass is 10.1. The third kappa shape index (κ3) is 2.86. The number of aryl methyl sites for hydroxylation is 1. The van der Waals surface area contributed by atoms with Gasteiger partial charge in [0.05, 0.1) is 6.04 Å². The number of pyridine rings is 1. The zero-order valence-corrected chi connectivity index (χ0v) is 12.7. The summed E-state index contributed by atoms with van der Waals surface area (Å²) in [5.41, 5.74) is 2.80. The fourth-order valence-corrected chi connectivity index (χ4v) is 4.93. The molecule has 1 aliphatic heterocycles. The van der Waals surface area contributed by atoms with Crippen LogP contribution in [0.3, 0.4) is 0 Å². The Kier molecular flexibility index (Phi) is 4.21. The van der Waals surface area contributed by atoms with E-state index in [0.29, 0.717) is 6.04 Å². The van der Waals surface area contributed by atoms with Gasteiger partial charge in [-0.25, -0.2) is 0 Å². The fourth-order valence-electron chi connectivity index (χ4n) is 2.45. The maximum Gasteiger partial charge on any atom is 0.0686 e. The van der Waals surface area contributed by atoms with E-state index in [1.54, 1.807) is 10.4 Å². The second kappa shape index (κ2) is 6.07. The molecule has 0 fully saturated rings. The van der Waals surface area contributed by atoms with Gasteiger partial charge in [-0.05, 0) is 42.0 Å². The van der Waals surface area contributed by atoms with E-state index in [1.165, 1.54) is 28.4 Å². The molecule has 0 radical (unpaired) electrons. The van der Waals surface area contributed by atoms with Crippen molar-refractivity contribution in [3.63, 3.8) is 0 Å². The molecule has 3 heterocycles. The smallest absolute Gasteiger partial charge is 0.0686 e. The summed E-state index contributed by atoms with van der Waals surface area (Å²) in [6.45, 7) is 3.13. The van der Waals surface area contributed by atoms with Gasteiger partial charge in [0, 0.05) is 27.9 Å². The molecule has 19 heavy (non-hydrogen) atoms. The van der Waals surface area contributed by atoms with E-state index in [-0.39, 0.29) is 0 Å². The Morgan fingerprint density at radius 3 is 3.16 bits per heavy atom. The molecule has 0 spiro atoms. The van der Waals surface area contributed by atoms with Crippen LogP contribution >= 0.6 is 23.1 Å². The van der Waals surface area contributed by atoms with Crippen molar-refractivity contribution in [1.29, 1.82) is 0 Å². The first-order valence-corrected chi connectivity index (χ1v) is 8.68. The molecule has 2 nitrogen and oxygen atoms in total. The van der Waals surface area contributed by atoms with E-state index in [0.717, 1.165) is 6.54 Å². The third-order valence-corrected chi connectivity index (χ3v) is 5.67. The normalized spacial score (nSPS) is 16.1. The van der Waals surface area contributed by atoms with Crippen LogP contribution in [-0.4, -0.2) is 17.3 Å². The molecule has 3 rings (SSSR count). The van der Waals surface area contributed by atoms with Crippen LogP contribution in [-0.2, 0) is 12.2 Å². The molecule has 0 aliphatic carbocycles. The molecule has 1 N–H and O–H groups in total. The molecule has 0 bridgehead atoms. The highest BCUT2D eigenvalue weighted by molar-refractivity contribution is 7.98. The molecule has 0 saturated carbocycles. The molecule has 1 atom stereocenters. The van der Waals surface area contributed by atoms with Crippen LogP contribution in [0.2, 0.25) is 0 Å². The average Bonchev–Trinajstić information content (AvgIpc) is 2.89. The molecule has 1 unspecified atom stereocenters. The molecule has 2 aromatic heterocycles. The Labute approximate surface area is 122 Å². The second-order valence-corrected chi connectivity index (χ2v) is 6.95. The van der Waals surface area contributed by atoms with Gasteiger partial charge in [0.1, 0.15) is 0 Å². The van der Waals surface area contributed by atoms with E-state index >= 15 is 0 Å². The van der Waals surface area contributed by atoms with Crippen molar-refractivity contribution in [2.75, 3.05) is 12.3 Å². The van der Waals surface area contributed by atoms with Gasteiger partial charge in [0.25, 0.3) is 0 Å². The molecule has 100 valence electrons. The lowest BCUT2D eigenvalue weighted by Crippen LogP contribution is -2.21. The molecule has 0 saturated heterocycles. The monoisotopic (exact) mass is 290 g/mol. The van der Waals surface area contributed by atoms with E-state index in [2.05, 4.69) is 29.4 Å². The summed E-state index contributed by atoms with van der Waals surface area (Å²) in [4.78, 5) is 7.27. The summed E-state index contributed by atoms with van der Waals surface area (Å²) in [5, 5.41) is 3.59. The van der Waals surface area contributed by atoms with Gasteiger partial charge >= 0.3 is 0 Å². The highest BCUT2D eigenvalue weighted by Gasteiger charge is 2.20. The number of nitrogens with one attached hydrogen (secondary N) is 1. The first-order chi connectivity index (χ1) is 9.38. The van der Waals surface area contributed by atoms with Crippen LogP contribution < -0.4 is 5.32 Å². The van der Waals surface area contributed by atoms with E-state index in [4.69, 9.17) is 0 Å². The molecular formula is C15H18N2S2. The van der Waals surface area contributed by atoms with E-state index in [9.17, 15) is 0 Å². The molecule has 4 heteroatoms. The first kappa shape index (κ1) is 13.2. The minimum atomic E-state index is 0.291. The largest absolute Gasteiger partial charge is 0.306 e. The second-order valence-electron chi connectivity index (χ2n) is 4.68. The number of hydrogen-bond donors (Lipinski definition) is 1. The predicted molar refractivity (Wildman–Crippen MR) is 83.9 cm³/mol. The van der Waals surface area contributed by atoms with Crippen molar-refractivity contribution in [3.8, 4) is 0 Å². The van der Waals surface area contributed by atoms with Crippen LogP contribution in [0.25, 0.3) is 0 Å². The van der Waals surface area contributed by atoms with Gasteiger partial charge in [0.15, 0.2) is 0 Å². The SMILES string of the molecule is CCNC(c1cccnc1)c1cc2c(s1)CCSC2. The van der Waals surface area contributed by atoms with Crippen LogP contribution in [0.1, 0.15) is 33.8 Å². The Hall–Kier alpha value is -0.840. The maximum atomic E-state index is 4.26. The quantitative estimate of drug-likeness (QED) is 0.930. The summed E-state index contributed by atoms with van der Waals surface area (Å²) in [6.07, 6.45) is 5.04. The Balaban J connectivity index is 1.94. The van der Waals surface area contributed by atoms with Crippen molar-refractivity contribution in [2.24, 2.45) is 0 Å². The van der Waals surface area contributed by atoms with Crippen LogP contribution in [0.15, 0.2) is 30.6 Å². The summed E-state index contributed by atoms with van der Waals surface area (Å²) in [7, 11) is 0. The van der Waals surface area contributed by atoms with Crippen molar-refractivity contribution < 1.29 is 0 Å². The van der Waals surface area contributed by atoms with Crippen LogP contribution in [0.5, 0.6) is 0 Å². The topological polar surface area (TPSA) is 24.9 Å². The summed E-state index contributed by atoms with van der Waals surface area (Å²) < 4.78 is 0. The number of nitrogens with zero attached hydrogens (tertiary/aromatic N) is 1. The molecule has 1 aliphatic rings. The average molecular weight is 290 g/mol. The summed E-state index contributed by atoms with van der Waals surface area (Å²) in [5.74, 6) is 2.45. The number of thiophene rings is 1. The fraction of sp³-hybridized carbons (Fsp3) is 0.400. The lowest BCUT2D eigenvalue weighted by molar-refractivity contribution is 0.637. The highest BCUT2D eigenvalue weighted by Crippen LogP contribution is 2.36. The third-order valence-electron chi connectivity index (χ3n) is 3.36. The number of hydrogen-bond acceptors (Lipinski definition) is 4. The molecule has 0 aromatic carbocycles. The van der Waals surface area contributed by atoms with Crippen molar-refractivity contribution in [1.82, 2.24) is 10.3 Å². The summed E-state index contributed by atoms with van der Waals surface area (Å²) in [6, 6.07) is 6.86. The number of fused-ring (bicyclic) bond motifs is 1. The number of aromatic nitrogens is 1. The van der Waals surface area contributed by atoms with Gasteiger partial charge in [-0.2, -0.15) is 11.8 Å². The Morgan fingerprint density at radius 1 is 1.47 bits per heavy atom. The van der Waals surface area contributed by atoms with Gasteiger partial charge in [0.2, 0.25) is 0 Å².